The number of hydrogen-bond acceptors (Lipinski definition) is 1. The third-order valence-electron chi connectivity index (χ3n) is 1.63. The molecule has 0 spiro atoms. The van der Waals surface area contributed by atoms with Crippen molar-refractivity contribution >= 4 is 0 Å². The van der Waals surface area contributed by atoms with Crippen LogP contribution in [0.1, 0.15) is 18.1 Å². The topological polar surface area (TPSA) is 20.2 Å². The third-order valence-corrected chi connectivity index (χ3v) is 1.63. The van der Waals surface area contributed by atoms with Gasteiger partial charge in [0, 0.05) is 0 Å². The first-order valence-corrected chi connectivity index (χ1v) is 3.83. The van der Waals surface area contributed by atoms with E-state index in [4.69, 9.17) is 0 Å². The van der Waals surface area contributed by atoms with Crippen LogP contribution < -0.4 is 0 Å². The van der Waals surface area contributed by atoms with Crippen molar-refractivity contribution in [3.63, 3.8) is 0 Å². The van der Waals surface area contributed by atoms with Gasteiger partial charge in [0.05, 0.1) is 12.4 Å². The molecular formula is C10H11FO. The molecule has 0 unspecified atom stereocenters. The monoisotopic (exact) mass is 166 g/mol. The van der Waals surface area contributed by atoms with Gasteiger partial charge < -0.3 is 5.11 Å². The molecule has 0 aliphatic carbocycles. The fourth-order valence-electron chi connectivity index (χ4n) is 0.992. The van der Waals surface area contributed by atoms with E-state index in [0.29, 0.717) is 12.8 Å². The predicted molar refractivity (Wildman–Crippen MR) is 46.3 cm³/mol. The summed E-state index contributed by atoms with van der Waals surface area (Å²) in [6.45, 7) is 0. The van der Waals surface area contributed by atoms with E-state index >= 15 is 0 Å². The first-order valence-electron chi connectivity index (χ1n) is 3.83. The minimum Gasteiger partial charge on any atom is -0.388 e. The summed E-state index contributed by atoms with van der Waals surface area (Å²) < 4.78 is 11.6. The number of hydrogen-bond donors (Lipinski definition) is 1. The minimum absolute atomic E-state index is 0.320. The largest absolute Gasteiger partial charge is 0.388 e. The van der Waals surface area contributed by atoms with Crippen molar-refractivity contribution < 1.29 is 9.50 Å². The van der Waals surface area contributed by atoms with Crippen molar-refractivity contribution in [3.05, 3.63) is 48.3 Å². The maximum absolute atomic E-state index is 11.6. The van der Waals surface area contributed by atoms with Crippen LogP contribution in [0.3, 0.4) is 0 Å². The predicted octanol–water partition coefficient (Wildman–Crippen LogP) is 2.59. The summed E-state index contributed by atoms with van der Waals surface area (Å²) in [6, 6.07) is 9.20. The van der Waals surface area contributed by atoms with Crippen molar-refractivity contribution in [2.75, 3.05) is 0 Å². The Bertz CT molecular complexity index is 243. The molecule has 1 atom stereocenters. The zero-order valence-corrected chi connectivity index (χ0v) is 6.65. The van der Waals surface area contributed by atoms with Gasteiger partial charge in [0.25, 0.3) is 0 Å². The Hall–Kier alpha value is -1.15. The highest BCUT2D eigenvalue weighted by Crippen LogP contribution is 2.15. The van der Waals surface area contributed by atoms with Crippen LogP contribution in [0.15, 0.2) is 42.7 Å². The van der Waals surface area contributed by atoms with Crippen LogP contribution in [-0.4, -0.2) is 5.11 Å². The first-order chi connectivity index (χ1) is 5.84. The molecule has 2 heteroatoms. The SMILES string of the molecule is O[C@H](C/C=C\F)c1ccccc1. The summed E-state index contributed by atoms with van der Waals surface area (Å²) in [7, 11) is 0. The van der Waals surface area contributed by atoms with Gasteiger partial charge in [0.15, 0.2) is 0 Å². The molecule has 0 radical (unpaired) electrons. The van der Waals surface area contributed by atoms with Crippen LogP contribution in [0.4, 0.5) is 4.39 Å². The van der Waals surface area contributed by atoms with Crippen LogP contribution in [-0.2, 0) is 0 Å². The lowest BCUT2D eigenvalue weighted by molar-refractivity contribution is 0.181. The molecule has 1 nitrogen and oxygen atoms in total. The van der Waals surface area contributed by atoms with E-state index in [0.717, 1.165) is 5.56 Å². The molecular weight excluding hydrogens is 155 g/mol. The van der Waals surface area contributed by atoms with E-state index in [-0.39, 0.29) is 0 Å². The molecule has 0 aromatic heterocycles. The summed E-state index contributed by atoms with van der Waals surface area (Å²) in [5.41, 5.74) is 0.815. The highest BCUT2D eigenvalue weighted by Gasteiger charge is 2.02. The van der Waals surface area contributed by atoms with Crippen molar-refractivity contribution in [1.29, 1.82) is 0 Å². The maximum Gasteiger partial charge on any atom is 0.0828 e. The summed E-state index contributed by atoms with van der Waals surface area (Å²) in [5, 5.41) is 9.43. The molecule has 0 saturated heterocycles. The molecule has 12 heavy (non-hydrogen) atoms. The Morgan fingerprint density at radius 2 is 2.00 bits per heavy atom. The molecule has 0 aliphatic heterocycles. The molecule has 0 saturated carbocycles. The lowest BCUT2D eigenvalue weighted by Crippen LogP contribution is -1.94. The summed E-state index contributed by atoms with van der Waals surface area (Å²) in [4.78, 5) is 0. The fraction of sp³-hybridized carbons (Fsp3) is 0.200. The number of aliphatic hydroxyl groups is 1. The van der Waals surface area contributed by atoms with Crippen molar-refractivity contribution in [1.82, 2.24) is 0 Å². The average molecular weight is 166 g/mol. The molecule has 1 rings (SSSR count). The normalized spacial score (nSPS) is 13.5. The smallest absolute Gasteiger partial charge is 0.0828 e. The van der Waals surface area contributed by atoms with Crippen LogP contribution in [0.25, 0.3) is 0 Å². The third kappa shape index (κ3) is 2.47. The van der Waals surface area contributed by atoms with Crippen molar-refractivity contribution in [2.45, 2.75) is 12.5 Å². The zero-order valence-electron chi connectivity index (χ0n) is 6.65. The van der Waals surface area contributed by atoms with Crippen LogP contribution in [0.5, 0.6) is 0 Å². The summed E-state index contributed by atoms with van der Waals surface area (Å²) in [6.07, 6.45) is 1.47. The molecule has 1 aromatic carbocycles. The van der Waals surface area contributed by atoms with Gasteiger partial charge in [-0.05, 0) is 12.0 Å². The van der Waals surface area contributed by atoms with Crippen LogP contribution >= 0.6 is 0 Å². The Kier molecular flexibility index (Phi) is 3.48. The molecule has 1 N–H and O–H groups in total. The summed E-state index contributed by atoms with van der Waals surface area (Å²) in [5.74, 6) is 0. The number of rotatable bonds is 3. The van der Waals surface area contributed by atoms with Crippen LogP contribution in [0.2, 0.25) is 0 Å². The molecule has 0 bridgehead atoms. The molecule has 1 aromatic rings. The van der Waals surface area contributed by atoms with Gasteiger partial charge in [-0.25, -0.2) is 4.39 Å². The Morgan fingerprint density at radius 3 is 2.58 bits per heavy atom. The van der Waals surface area contributed by atoms with Crippen molar-refractivity contribution in [3.8, 4) is 0 Å². The van der Waals surface area contributed by atoms with E-state index in [2.05, 4.69) is 0 Å². The van der Waals surface area contributed by atoms with Gasteiger partial charge in [-0.15, -0.1) is 0 Å². The molecule has 0 heterocycles. The highest BCUT2D eigenvalue weighted by molar-refractivity contribution is 5.17. The number of benzene rings is 1. The fourth-order valence-corrected chi connectivity index (χ4v) is 0.992. The van der Waals surface area contributed by atoms with Gasteiger partial charge in [0.1, 0.15) is 0 Å². The van der Waals surface area contributed by atoms with Gasteiger partial charge in [-0.2, -0.15) is 0 Å². The molecule has 64 valence electrons. The minimum atomic E-state index is -0.599. The van der Waals surface area contributed by atoms with Gasteiger partial charge in [-0.1, -0.05) is 36.4 Å². The standard InChI is InChI=1S/C10H11FO/c11-8-4-7-10(12)9-5-2-1-3-6-9/h1-6,8,10,12H,7H2/b8-4-/t10-/m1/s1. The van der Waals surface area contributed by atoms with Gasteiger partial charge >= 0.3 is 0 Å². The van der Waals surface area contributed by atoms with E-state index in [1.807, 2.05) is 30.3 Å². The van der Waals surface area contributed by atoms with E-state index in [9.17, 15) is 9.50 Å². The van der Waals surface area contributed by atoms with Crippen molar-refractivity contribution in [2.24, 2.45) is 0 Å². The van der Waals surface area contributed by atoms with Gasteiger partial charge in [-0.3, -0.25) is 0 Å². The zero-order chi connectivity index (χ0) is 8.81. The van der Waals surface area contributed by atoms with E-state index in [1.54, 1.807) is 0 Å². The Labute approximate surface area is 71.2 Å². The average Bonchev–Trinajstić information content (AvgIpc) is 2.15. The lowest BCUT2D eigenvalue weighted by Gasteiger charge is -2.06. The quantitative estimate of drug-likeness (QED) is 0.731. The molecule has 0 aliphatic rings. The number of halogens is 1. The second-order valence-corrected chi connectivity index (χ2v) is 2.52. The Morgan fingerprint density at radius 1 is 1.33 bits per heavy atom. The lowest BCUT2D eigenvalue weighted by atomic mass is 10.1. The second-order valence-electron chi connectivity index (χ2n) is 2.52. The van der Waals surface area contributed by atoms with Crippen LogP contribution in [0, 0.1) is 0 Å². The van der Waals surface area contributed by atoms with E-state index < -0.39 is 6.10 Å². The summed E-state index contributed by atoms with van der Waals surface area (Å²) >= 11 is 0. The number of aliphatic hydroxyl groups excluding tert-OH is 1. The second kappa shape index (κ2) is 4.67. The van der Waals surface area contributed by atoms with E-state index in [1.165, 1.54) is 6.08 Å². The Balaban J connectivity index is 2.59. The molecule has 0 fully saturated rings. The highest BCUT2D eigenvalue weighted by atomic mass is 19.1. The van der Waals surface area contributed by atoms with Gasteiger partial charge in [0.2, 0.25) is 0 Å². The first kappa shape index (κ1) is 8.94. The maximum atomic E-state index is 11.6. The molecule has 0 amide bonds.